The summed E-state index contributed by atoms with van der Waals surface area (Å²) >= 11 is 0.914. The number of amides is 2. The number of rotatable bonds is 3. The number of hydrogen-bond acceptors (Lipinski definition) is 6. The predicted molar refractivity (Wildman–Crippen MR) is 49.5 cm³/mol. The zero-order chi connectivity index (χ0) is 10.9. The Balaban J connectivity index is 1.91. The maximum atomic E-state index is 11.3. The molecule has 0 saturated heterocycles. The molecule has 0 atom stereocenters. The molecule has 1 aliphatic rings. The summed E-state index contributed by atoms with van der Waals surface area (Å²) < 4.78 is 3.44. The third-order valence-electron chi connectivity index (χ3n) is 2.03. The number of aliphatic carboxylic acids is 1. The molecule has 1 aliphatic carbocycles. The lowest BCUT2D eigenvalue weighted by atomic mass is 10.3. The average molecular weight is 229 g/mol. The third-order valence-corrected chi connectivity index (χ3v) is 2.54. The van der Waals surface area contributed by atoms with E-state index in [2.05, 4.69) is 25.4 Å². The summed E-state index contributed by atoms with van der Waals surface area (Å²) in [5.74, 6) is -1.02. The highest BCUT2D eigenvalue weighted by Crippen LogP contribution is 2.35. The predicted octanol–water partition coefficient (Wildman–Crippen LogP) is -0.328. The van der Waals surface area contributed by atoms with Crippen LogP contribution in [0.15, 0.2) is 0 Å². The Bertz CT molecular complexity index is 387. The highest BCUT2D eigenvalue weighted by Gasteiger charge is 2.51. The van der Waals surface area contributed by atoms with Crippen LogP contribution >= 0.6 is 11.5 Å². The highest BCUT2D eigenvalue weighted by molar-refractivity contribution is 7.09. The van der Waals surface area contributed by atoms with Crippen LogP contribution in [0.2, 0.25) is 0 Å². The van der Waals surface area contributed by atoms with E-state index in [1.165, 1.54) is 0 Å². The molecule has 15 heavy (non-hydrogen) atoms. The van der Waals surface area contributed by atoms with Crippen LogP contribution in [-0.4, -0.2) is 37.4 Å². The molecule has 2 rings (SSSR count). The lowest BCUT2D eigenvalue weighted by molar-refractivity contribution is -0.140. The van der Waals surface area contributed by atoms with Crippen molar-refractivity contribution in [3.05, 3.63) is 0 Å². The molecule has 1 fully saturated rings. The van der Waals surface area contributed by atoms with Crippen LogP contribution in [0.4, 0.5) is 9.93 Å². The maximum Gasteiger partial charge on any atom is 0.329 e. The molecule has 9 heteroatoms. The SMILES string of the molecule is O=C(Nc1nnns1)NC1(C(=O)O)CC1. The van der Waals surface area contributed by atoms with Crippen molar-refractivity contribution in [2.24, 2.45) is 0 Å². The molecular weight excluding hydrogens is 222 g/mol. The van der Waals surface area contributed by atoms with E-state index in [1.807, 2.05) is 0 Å². The molecule has 1 aromatic heterocycles. The van der Waals surface area contributed by atoms with Gasteiger partial charge < -0.3 is 10.4 Å². The smallest absolute Gasteiger partial charge is 0.329 e. The van der Waals surface area contributed by atoms with E-state index in [-0.39, 0.29) is 5.13 Å². The number of nitrogens with one attached hydrogen (secondary N) is 2. The fourth-order valence-electron chi connectivity index (χ4n) is 1.04. The van der Waals surface area contributed by atoms with E-state index in [9.17, 15) is 9.59 Å². The topological polar surface area (TPSA) is 117 Å². The molecule has 1 aromatic rings. The Morgan fingerprint density at radius 1 is 1.47 bits per heavy atom. The lowest BCUT2D eigenvalue weighted by Gasteiger charge is -2.11. The second kappa shape index (κ2) is 3.42. The van der Waals surface area contributed by atoms with Crippen LogP contribution in [0.5, 0.6) is 0 Å². The number of carboxylic acid groups (broad SMARTS) is 1. The lowest BCUT2D eigenvalue weighted by Crippen LogP contribution is -2.45. The molecule has 2 amide bonds. The number of hydrogen-bond donors (Lipinski definition) is 3. The number of aromatic nitrogens is 3. The van der Waals surface area contributed by atoms with E-state index in [0.717, 1.165) is 11.5 Å². The van der Waals surface area contributed by atoms with Crippen molar-refractivity contribution in [3.8, 4) is 0 Å². The number of urea groups is 1. The number of anilines is 1. The van der Waals surface area contributed by atoms with E-state index in [4.69, 9.17) is 5.11 Å². The fourth-order valence-corrected chi connectivity index (χ4v) is 1.41. The van der Waals surface area contributed by atoms with Crippen LogP contribution in [0.25, 0.3) is 0 Å². The van der Waals surface area contributed by atoms with Gasteiger partial charge in [0.1, 0.15) is 5.54 Å². The van der Waals surface area contributed by atoms with Gasteiger partial charge in [-0.15, -0.1) is 0 Å². The number of carbonyl (C=O) groups is 2. The van der Waals surface area contributed by atoms with Crippen LogP contribution in [0.3, 0.4) is 0 Å². The first-order valence-corrected chi connectivity index (χ1v) is 4.87. The Kier molecular flexibility index (Phi) is 2.23. The molecule has 8 nitrogen and oxygen atoms in total. The molecule has 1 saturated carbocycles. The molecular formula is C6H7N5O3S. The first-order chi connectivity index (χ1) is 7.12. The van der Waals surface area contributed by atoms with Gasteiger partial charge >= 0.3 is 12.0 Å². The van der Waals surface area contributed by atoms with Crippen molar-refractivity contribution < 1.29 is 14.7 Å². The van der Waals surface area contributed by atoms with E-state index in [1.54, 1.807) is 0 Å². The summed E-state index contributed by atoms with van der Waals surface area (Å²) in [6.45, 7) is 0. The number of nitrogens with zero attached hydrogens (tertiary/aromatic N) is 3. The summed E-state index contributed by atoms with van der Waals surface area (Å²) in [5.41, 5.74) is -1.10. The first-order valence-electron chi connectivity index (χ1n) is 4.10. The minimum Gasteiger partial charge on any atom is -0.480 e. The fraction of sp³-hybridized carbons (Fsp3) is 0.500. The van der Waals surface area contributed by atoms with Crippen LogP contribution < -0.4 is 10.6 Å². The van der Waals surface area contributed by atoms with Crippen molar-refractivity contribution >= 4 is 28.7 Å². The van der Waals surface area contributed by atoms with Gasteiger partial charge in [-0.2, -0.15) is 0 Å². The van der Waals surface area contributed by atoms with Crippen molar-refractivity contribution in [1.82, 2.24) is 20.1 Å². The molecule has 80 valence electrons. The second-order valence-corrected chi connectivity index (χ2v) is 3.87. The molecule has 0 bridgehead atoms. The molecule has 0 aromatic carbocycles. The molecule has 0 spiro atoms. The van der Waals surface area contributed by atoms with Crippen molar-refractivity contribution in [3.63, 3.8) is 0 Å². The molecule has 0 unspecified atom stereocenters. The van der Waals surface area contributed by atoms with Crippen LogP contribution in [0.1, 0.15) is 12.8 Å². The Morgan fingerprint density at radius 2 is 2.20 bits per heavy atom. The van der Waals surface area contributed by atoms with Gasteiger partial charge in [-0.1, -0.05) is 9.59 Å². The zero-order valence-electron chi connectivity index (χ0n) is 7.43. The van der Waals surface area contributed by atoms with Gasteiger partial charge in [-0.05, 0) is 18.1 Å². The second-order valence-electron chi connectivity index (χ2n) is 3.13. The third kappa shape index (κ3) is 2.01. The molecule has 0 aliphatic heterocycles. The summed E-state index contributed by atoms with van der Waals surface area (Å²) in [6.07, 6.45) is 0.897. The van der Waals surface area contributed by atoms with Gasteiger partial charge in [0.15, 0.2) is 0 Å². The largest absolute Gasteiger partial charge is 0.480 e. The van der Waals surface area contributed by atoms with E-state index >= 15 is 0 Å². The van der Waals surface area contributed by atoms with Crippen LogP contribution in [0, 0.1) is 0 Å². The summed E-state index contributed by atoms with van der Waals surface area (Å²) in [7, 11) is 0. The van der Waals surface area contributed by atoms with Gasteiger partial charge in [0.2, 0.25) is 5.13 Å². The Labute approximate surface area is 87.8 Å². The monoisotopic (exact) mass is 229 g/mol. The molecule has 0 radical (unpaired) electrons. The molecule has 3 N–H and O–H groups in total. The highest BCUT2D eigenvalue weighted by atomic mass is 32.1. The van der Waals surface area contributed by atoms with Gasteiger partial charge in [-0.3, -0.25) is 5.32 Å². The molecule has 1 heterocycles. The normalized spacial score (nSPS) is 16.8. The Morgan fingerprint density at radius 3 is 2.67 bits per heavy atom. The Hall–Kier alpha value is -1.77. The van der Waals surface area contributed by atoms with E-state index < -0.39 is 17.5 Å². The zero-order valence-corrected chi connectivity index (χ0v) is 8.24. The minimum absolute atomic E-state index is 0.230. The first kappa shape index (κ1) is 9.77. The quantitative estimate of drug-likeness (QED) is 0.653. The van der Waals surface area contributed by atoms with Gasteiger partial charge in [0.05, 0.1) is 0 Å². The number of carbonyl (C=O) groups excluding carboxylic acids is 1. The summed E-state index contributed by atoms with van der Waals surface area (Å²) in [6, 6.07) is -0.603. The maximum absolute atomic E-state index is 11.3. The number of carboxylic acids is 1. The average Bonchev–Trinajstić information content (AvgIpc) is 2.75. The van der Waals surface area contributed by atoms with Gasteiger partial charge in [0, 0.05) is 11.5 Å². The summed E-state index contributed by atoms with van der Waals surface area (Å²) in [5, 5.41) is 20.5. The van der Waals surface area contributed by atoms with Crippen molar-refractivity contribution in [2.75, 3.05) is 5.32 Å². The van der Waals surface area contributed by atoms with Gasteiger partial charge in [0.25, 0.3) is 0 Å². The van der Waals surface area contributed by atoms with Crippen LogP contribution in [-0.2, 0) is 4.79 Å². The standard InChI is InChI=1S/C6H7N5O3S/c12-3(13)6(1-2-6)8-4(14)7-5-9-10-11-15-5/h1-2H2,(H,12,13)(H2,7,8,9,11,14). The van der Waals surface area contributed by atoms with Crippen molar-refractivity contribution in [2.45, 2.75) is 18.4 Å². The summed E-state index contributed by atoms with van der Waals surface area (Å²) in [4.78, 5) is 22.0. The minimum atomic E-state index is -1.10. The van der Waals surface area contributed by atoms with E-state index in [0.29, 0.717) is 12.8 Å². The van der Waals surface area contributed by atoms with Gasteiger partial charge in [-0.25, -0.2) is 9.59 Å². The van der Waals surface area contributed by atoms with Crippen molar-refractivity contribution in [1.29, 1.82) is 0 Å².